The number of hydrogen-bond acceptors (Lipinski definition) is 5. The Morgan fingerprint density at radius 3 is 2.23 bits per heavy atom. The maximum absolute atomic E-state index is 9.16. The molecule has 0 saturated heterocycles. The Balaban J connectivity index is 2.21. The van der Waals surface area contributed by atoms with Crippen LogP contribution in [0.4, 0.5) is 5.69 Å². The predicted octanol–water partition coefficient (Wildman–Crippen LogP) is 2.90. The van der Waals surface area contributed by atoms with Crippen molar-refractivity contribution in [3.63, 3.8) is 0 Å². The number of aromatic nitrogens is 1. The zero-order valence-electron chi connectivity index (χ0n) is 14.5. The maximum atomic E-state index is 9.16. The van der Waals surface area contributed by atoms with Gasteiger partial charge in [-0.3, -0.25) is 0 Å². The molecule has 0 saturated carbocycles. The Kier molecular flexibility index (Phi) is 5.12. The van der Waals surface area contributed by atoms with E-state index >= 15 is 0 Å². The molecule has 26 heavy (non-hydrogen) atoms. The van der Waals surface area contributed by atoms with E-state index < -0.39 is 0 Å². The molecular formula is C21H16N4S. The van der Waals surface area contributed by atoms with Crippen molar-refractivity contribution in [2.24, 2.45) is 0 Å². The molecule has 3 rings (SSSR count). The summed E-state index contributed by atoms with van der Waals surface area (Å²) in [6.07, 6.45) is 2.04. The second-order valence-electron chi connectivity index (χ2n) is 5.83. The van der Waals surface area contributed by atoms with Gasteiger partial charge in [0, 0.05) is 25.3 Å². The molecule has 0 aliphatic heterocycles. The Morgan fingerprint density at radius 2 is 1.65 bits per heavy atom. The summed E-state index contributed by atoms with van der Waals surface area (Å²) in [5.74, 6) is 0. The van der Waals surface area contributed by atoms with E-state index in [1.807, 2.05) is 79.7 Å². The fraction of sp³-hybridized carbons (Fsp3) is 0.0952. The summed E-state index contributed by atoms with van der Waals surface area (Å²) in [5, 5.41) is 18.3. The summed E-state index contributed by atoms with van der Waals surface area (Å²) in [5.41, 5.74) is 3.94. The summed E-state index contributed by atoms with van der Waals surface area (Å²) in [4.78, 5) is 6.61. The largest absolute Gasteiger partial charge is 0.378 e. The van der Waals surface area contributed by atoms with Gasteiger partial charge in [-0.15, -0.1) is 11.3 Å². The van der Waals surface area contributed by atoms with Crippen molar-refractivity contribution in [2.75, 3.05) is 19.0 Å². The first-order valence-electron chi connectivity index (χ1n) is 7.98. The van der Waals surface area contributed by atoms with Crippen LogP contribution in [0.25, 0.3) is 22.9 Å². The molecule has 0 spiro atoms. The van der Waals surface area contributed by atoms with Crippen LogP contribution in [0.5, 0.6) is 0 Å². The topological polar surface area (TPSA) is 63.7 Å². The zero-order valence-corrected chi connectivity index (χ0v) is 15.3. The van der Waals surface area contributed by atoms with Crippen molar-refractivity contribution in [3.8, 4) is 23.4 Å². The number of hydrogen-bond donors (Lipinski definition) is 0. The number of benzene rings is 2. The molecule has 0 atom stereocenters. The van der Waals surface area contributed by atoms with Crippen LogP contribution in [0.2, 0.25) is 0 Å². The van der Waals surface area contributed by atoms with Gasteiger partial charge >= 0.3 is 0 Å². The van der Waals surface area contributed by atoms with Gasteiger partial charge in [0.1, 0.15) is 16.8 Å². The lowest BCUT2D eigenvalue weighted by Crippen LogP contribution is -2.08. The molecule has 0 aliphatic rings. The summed E-state index contributed by atoms with van der Waals surface area (Å²) >= 11 is 1.36. The second kappa shape index (κ2) is 7.65. The van der Waals surface area contributed by atoms with Crippen molar-refractivity contribution in [3.05, 3.63) is 69.4 Å². The fourth-order valence-electron chi connectivity index (χ4n) is 2.48. The quantitative estimate of drug-likeness (QED) is 0.724. The average Bonchev–Trinajstić information content (AvgIpc) is 3.07. The molecule has 0 bridgehead atoms. The van der Waals surface area contributed by atoms with Gasteiger partial charge in [0.25, 0.3) is 0 Å². The Bertz CT molecular complexity index is 1100. The van der Waals surface area contributed by atoms with Gasteiger partial charge in [-0.05, 0) is 23.8 Å². The molecular weight excluding hydrogens is 340 g/mol. The molecule has 3 aromatic rings. The van der Waals surface area contributed by atoms with Gasteiger partial charge in [-0.1, -0.05) is 42.5 Å². The van der Waals surface area contributed by atoms with E-state index in [-0.39, 0.29) is 5.57 Å². The first kappa shape index (κ1) is 17.4. The maximum Gasteiger partial charge on any atom is 0.165 e. The number of thiazole rings is 1. The van der Waals surface area contributed by atoms with E-state index in [9.17, 15) is 0 Å². The summed E-state index contributed by atoms with van der Waals surface area (Å²) in [6.45, 7) is 0. The van der Waals surface area contributed by atoms with Crippen molar-refractivity contribution >= 4 is 28.7 Å². The van der Waals surface area contributed by atoms with Gasteiger partial charge in [0.15, 0.2) is 5.57 Å². The lowest BCUT2D eigenvalue weighted by atomic mass is 10.1. The van der Waals surface area contributed by atoms with Gasteiger partial charge in [0.05, 0.1) is 10.2 Å². The lowest BCUT2D eigenvalue weighted by molar-refractivity contribution is 1.13. The van der Waals surface area contributed by atoms with Crippen LogP contribution in [0.15, 0.2) is 54.6 Å². The zero-order chi connectivity index (χ0) is 18.5. The Morgan fingerprint density at radius 1 is 1.00 bits per heavy atom. The SMILES string of the molecule is CN(C)c1ccc(/C=c2\sc(=C(C#N)C#N)nc2-c2ccccc2)cc1. The molecule has 0 amide bonds. The van der Waals surface area contributed by atoms with E-state index in [4.69, 9.17) is 10.5 Å². The molecule has 0 aliphatic carbocycles. The minimum absolute atomic E-state index is 0.0368. The first-order chi connectivity index (χ1) is 12.6. The molecule has 1 aromatic heterocycles. The van der Waals surface area contributed by atoms with Crippen LogP contribution in [0.3, 0.4) is 0 Å². The predicted molar refractivity (Wildman–Crippen MR) is 106 cm³/mol. The molecule has 4 nitrogen and oxygen atoms in total. The van der Waals surface area contributed by atoms with Gasteiger partial charge in [0.2, 0.25) is 0 Å². The van der Waals surface area contributed by atoms with E-state index in [1.165, 1.54) is 11.3 Å². The minimum Gasteiger partial charge on any atom is -0.378 e. The fourth-order valence-corrected chi connectivity index (χ4v) is 3.47. The number of nitriles is 2. The average molecular weight is 356 g/mol. The Labute approximate surface area is 156 Å². The van der Waals surface area contributed by atoms with Crippen LogP contribution < -0.4 is 14.1 Å². The molecule has 126 valence electrons. The highest BCUT2D eigenvalue weighted by atomic mass is 32.1. The molecule has 0 fully saturated rings. The van der Waals surface area contributed by atoms with Gasteiger partial charge in [-0.2, -0.15) is 10.5 Å². The summed E-state index contributed by atoms with van der Waals surface area (Å²) < 4.78 is 1.37. The van der Waals surface area contributed by atoms with Crippen LogP contribution >= 0.6 is 11.3 Å². The monoisotopic (exact) mass is 356 g/mol. The number of rotatable bonds is 3. The van der Waals surface area contributed by atoms with E-state index in [0.29, 0.717) is 4.66 Å². The lowest BCUT2D eigenvalue weighted by Gasteiger charge is -2.11. The van der Waals surface area contributed by atoms with E-state index in [1.54, 1.807) is 0 Å². The third-order valence-electron chi connectivity index (χ3n) is 3.85. The van der Waals surface area contributed by atoms with Gasteiger partial charge < -0.3 is 4.90 Å². The van der Waals surface area contributed by atoms with Crippen LogP contribution in [0.1, 0.15) is 5.56 Å². The van der Waals surface area contributed by atoms with E-state index in [0.717, 1.165) is 27.0 Å². The van der Waals surface area contributed by atoms with Crippen LogP contribution in [-0.4, -0.2) is 19.1 Å². The minimum atomic E-state index is 0.0368. The third kappa shape index (κ3) is 3.64. The summed E-state index contributed by atoms with van der Waals surface area (Å²) in [6, 6.07) is 21.8. The van der Waals surface area contributed by atoms with E-state index in [2.05, 4.69) is 17.1 Å². The number of nitrogens with zero attached hydrogens (tertiary/aromatic N) is 4. The molecule has 2 aromatic carbocycles. The normalized spacial score (nSPS) is 10.8. The third-order valence-corrected chi connectivity index (χ3v) is 4.87. The first-order valence-corrected chi connectivity index (χ1v) is 8.80. The second-order valence-corrected chi connectivity index (χ2v) is 6.86. The van der Waals surface area contributed by atoms with Gasteiger partial charge in [-0.25, -0.2) is 4.98 Å². The summed E-state index contributed by atoms with van der Waals surface area (Å²) in [7, 11) is 4.01. The van der Waals surface area contributed by atoms with Crippen molar-refractivity contribution in [1.82, 2.24) is 4.98 Å². The highest BCUT2D eigenvalue weighted by molar-refractivity contribution is 7.08. The molecule has 1 heterocycles. The Hall–Kier alpha value is -3.41. The highest BCUT2D eigenvalue weighted by Crippen LogP contribution is 2.15. The molecule has 5 heteroatoms. The molecule has 0 radical (unpaired) electrons. The number of anilines is 1. The molecule has 0 unspecified atom stereocenters. The van der Waals surface area contributed by atoms with Crippen LogP contribution in [0, 0.1) is 22.7 Å². The van der Waals surface area contributed by atoms with Crippen molar-refractivity contribution in [1.29, 1.82) is 10.5 Å². The van der Waals surface area contributed by atoms with Crippen molar-refractivity contribution < 1.29 is 0 Å². The highest BCUT2D eigenvalue weighted by Gasteiger charge is 2.08. The smallest absolute Gasteiger partial charge is 0.165 e. The molecule has 0 N–H and O–H groups in total. The van der Waals surface area contributed by atoms with Crippen molar-refractivity contribution in [2.45, 2.75) is 0 Å². The van der Waals surface area contributed by atoms with Crippen LogP contribution in [-0.2, 0) is 0 Å². The standard InChI is InChI=1S/C21H16N4S/c1-25(2)18-10-8-15(9-11-18)12-19-20(16-6-4-3-5-7-16)24-21(26-19)17(13-22)14-23/h3-12H,1-2H3/b19-12-.